The van der Waals surface area contributed by atoms with Gasteiger partial charge >= 0.3 is 0 Å². The molecule has 0 bridgehead atoms. The van der Waals surface area contributed by atoms with E-state index in [0.717, 1.165) is 5.84 Å². The molecule has 2 nitrogen and oxygen atoms in total. The highest BCUT2D eigenvalue weighted by Gasteiger charge is 2.15. The molecule has 0 spiro atoms. The number of nitrogens with one attached hydrogen (secondary N) is 1. The molecule has 0 saturated carbocycles. The smallest absolute Gasteiger partial charge is 0.104 e. The highest BCUT2D eigenvalue weighted by Crippen LogP contribution is 2.14. The summed E-state index contributed by atoms with van der Waals surface area (Å²) in [5.74, 6) is 1.01. The van der Waals surface area contributed by atoms with E-state index in [-0.39, 0.29) is 5.41 Å². The summed E-state index contributed by atoms with van der Waals surface area (Å²) in [6.45, 7) is 6.35. The number of hydrogen-bond acceptors (Lipinski definition) is 1. The van der Waals surface area contributed by atoms with E-state index >= 15 is 0 Å². The second-order valence-electron chi connectivity index (χ2n) is 2.97. The maximum atomic E-state index is 4.06. The summed E-state index contributed by atoms with van der Waals surface area (Å²) in [6, 6.07) is 0. The quantitative estimate of drug-likeness (QED) is 0.312. The van der Waals surface area contributed by atoms with Crippen molar-refractivity contribution in [3.63, 3.8) is 0 Å². The van der Waals surface area contributed by atoms with Crippen molar-refractivity contribution in [3.8, 4) is 0 Å². The van der Waals surface area contributed by atoms with Gasteiger partial charge in [-0.1, -0.05) is 20.8 Å². The van der Waals surface area contributed by atoms with Crippen molar-refractivity contribution in [1.29, 1.82) is 0 Å². The largest absolute Gasteiger partial charge is 0.358 e. The molecule has 0 aromatic heterocycles. The second kappa shape index (κ2) is 3.17. The maximum absolute atomic E-state index is 4.06. The second-order valence-corrected chi connectivity index (χ2v) is 3.26. The molecule has 3 heteroatoms. The summed E-state index contributed by atoms with van der Waals surface area (Å²) in [5.41, 5.74) is 0.135. The molecule has 0 aliphatic heterocycles. The summed E-state index contributed by atoms with van der Waals surface area (Å²) in [4.78, 5) is 4.06. The number of nitrogens with zero attached hydrogens (tertiary/aromatic N) is 1. The van der Waals surface area contributed by atoms with Gasteiger partial charge in [0, 0.05) is 12.5 Å². The SMILES string of the molecule is C/N=C(\NP)C(C)(C)C. The molecule has 0 heterocycles. The summed E-state index contributed by atoms with van der Waals surface area (Å²) < 4.78 is 0. The van der Waals surface area contributed by atoms with Gasteiger partial charge in [0.1, 0.15) is 5.84 Å². The Morgan fingerprint density at radius 2 is 1.89 bits per heavy atom. The highest BCUT2D eigenvalue weighted by atomic mass is 31.0. The van der Waals surface area contributed by atoms with E-state index in [1.807, 2.05) is 0 Å². The van der Waals surface area contributed by atoms with Crippen molar-refractivity contribution in [2.45, 2.75) is 20.8 Å². The van der Waals surface area contributed by atoms with Crippen LogP contribution in [0.15, 0.2) is 4.99 Å². The van der Waals surface area contributed by atoms with Crippen LogP contribution in [0.4, 0.5) is 0 Å². The van der Waals surface area contributed by atoms with Crippen LogP contribution < -0.4 is 5.09 Å². The molecule has 1 atom stereocenters. The van der Waals surface area contributed by atoms with Gasteiger partial charge in [-0.05, 0) is 9.39 Å². The topological polar surface area (TPSA) is 24.4 Å². The third-order valence-corrected chi connectivity index (χ3v) is 1.34. The molecule has 54 valence electrons. The van der Waals surface area contributed by atoms with E-state index in [1.54, 1.807) is 7.05 Å². The van der Waals surface area contributed by atoms with Crippen molar-refractivity contribution >= 4 is 15.2 Å². The third-order valence-electron chi connectivity index (χ3n) is 1.07. The lowest BCUT2D eigenvalue weighted by Crippen LogP contribution is -2.28. The lowest BCUT2D eigenvalue weighted by molar-refractivity contribution is 0.579. The lowest BCUT2D eigenvalue weighted by atomic mass is 9.95. The van der Waals surface area contributed by atoms with Crippen LogP contribution in [-0.4, -0.2) is 12.9 Å². The van der Waals surface area contributed by atoms with E-state index in [0.29, 0.717) is 0 Å². The zero-order chi connectivity index (χ0) is 7.49. The molecule has 0 aromatic carbocycles. The van der Waals surface area contributed by atoms with Crippen molar-refractivity contribution in [3.05, 3.63) is 0 Å². The first-order valence-electron chi connectivity index (χ1n) is 2.96. The zero-order valence-electron chi connectivity index (χ0n) is 6.52. The van der Waals surface area contributed by atoms with Gasteiger partial charge < -0.3 is 5.09 Å². The number of hydrogen-bond donors (Lipinski definition) is 1. The molecule has 1 unspecified atom stereocenters. The van der Waals surface area contributed by atoms with Crippen LogP contribution in [0.5, 0.6) is 0 Å². The normalized spacial score (nSPS) is 13.7. The van der Waals surface area contributed by atoms with Gasteiger partial charge in [0.05, 0.1) is 0 Å². The van der Waals surface area contributed by atoms with Gasteiger partial charge in [0.15, 0.2) is 0 Å². The third kappa shape index (κ3) is 2.81. The van der Waals surface area contributed by atoms with E-state index in [2.05, 4.69) is 40.2 Å². The molecule has 0 aliphatic rings. The Morgan fingerprint density at radius 3 is 1.89 bits per heavy atom. The molecule has 1 N–H and O–H groups in total. The summed E-state index contributed by atoms with van der Waals surface area (Å²) >= 11 is 0. The van der Waals surface area contributed by atoms with Crippen LogP contribution in [0.1, 0.15) is 20.8 Å². The summed E-state index contributed by atoms with van der Waals surface area (Å²) in [5, 5.41) is 2.96. The van der Waals surface area contributed by atoms with Gasteiger partial charge in [0.25, 0.3) is 0 Å². The highest BCUT2D eigenvalue weighted by molar-refractivity contribution is 7.15. The summed E-state index contributed by atoms with van der Waals surface area (Å²) in [6.07, 6.45) is 0. The van der Waals surface area contributed by atoms with E-state index in [4.69, 9.17) is 0 Å². The fraction of sp³-hybridized carbons (Fsp3) is 0.833. The van der Waals surface area contributed by atoms with Gasteiger partial charge in [-0.25, -0.2) is 0 Å². The average molecular weight is 146 g/mol. The van der Waals surface area contributed by atoms with Gasteiger partial charge in [-0.3, -0.25) is 4.99 Å². The minimum Gasteiger partial charge on any atom is -0.358 e. The Morgan fingerprint density at radius 1 is 1.44 bits per heavy atom. The zero-order valence-corrected chi connectivity index (χ0v) is 7.68. The average Bonchev–Trinajstić information content (AvgIpc) is 1.65. The fourth-order valence-corrected chi connectivity index (χ4v) is 1.18. The van der Waals surface area contributed by atoms with Crippen molar-refractivity contribution in [1.82, 2.24) is 5.09 Å². The van der Waals surface area contributed by atoms with Crippen LogP contribution in [0.25, 0.3) is 0 Å². The van der Waals surface area contributed by atoms with E-state index < -0.39 is 0 Å². The van der Waals surface area contributed by atoms with Crippen molar-refractivity contribution in [2.24, 2.45) is 10.4 Å². The number of amidine groups is 1. The summed E-state index contributed by atoms with van der Waals surface area (Å²) in [7, 11) is 4.23. The predicted molar refractivity (Wildman–Crippen MR) is 45.7 cm³/mol. The van der Waals surface area contributed by atoms with Crippen LogP contribution >= 0.6 is 9.39 Å². The van der Waals surface area contributed by atoms with Crippen LogP contribution in [0, 0.1) is 5.41 Å². The molecular weight excluding hydrogens is 131 g/mol. The Labute approximate surface area is 59.4 Å². The Bertz CT molecular complexity index is 113. The predicted octanol–water partition coefficient (Wildman–Crippen LogP) is 1.44. The van der Waals surface area contributed by atoms with Crippen molar-refractivity contribution in [2.75, 3.05) is 7.05 Å². The molecule has 0 fully saturated rings. The van der Waals surface area contributed by atoms with Gasteiger partial charge in [0.2, 0.25) is 0 Å². The molecule has 0 saturated heterocycles. The minimum atomic E-state index is 0.135. The molecule has 0 aliphatic carbocycles. The van der Waals surface area contributed by atoms with Crippen LogP contribution in [0.3, 0.4) is 0 Å². The standard InChI is InChI=1S/C6H15N2P/c1-6(2,3)5(7-4)8-9/h9H2,1-4H3,(H,7,8). The monoisotopic (exact) mass is 146 g/mol. The first kappa shape index (κ1) is 8.90. The number of aliphatic imine (C=N–C) groups is 1. The Hall–Kier alpha value is -0.100. The molecule has 0 amide bonds. The fourth-order valence-electron chi connectivity index (χ4n) is 0.616. The Kier molecular flexibility index (Phi) is 3.13. The molecular formula is C6H15N2P. The van der Waals surface area contributed by atoms with E-state index in [1.165, 1.54) is 0 Å². The van der Waals surface area contributed by atoms with Crippen molar-refractivity contribution < 1.29 is 0 Å². The maximum Gasteiger partial charge on any atom is 0.104 e. The Balaban J connectivity index is 4.14. The molecule has 0 aromatic rings. The van der Waals surface area contributed by atoms with E-state index in [9.17, 15) is 0 Å². The van der Waals surface area contributed by atoms with Crippen LogP contribution in [0.2, 0.25) is 0 Å². The first-order chi connectivity index (χ1) is 4.02. The lowest BCUT2D eigenvalue weighted by Gasteiger charge is -2.19. The molecule has 0 rings (SSSR count). The van der Waals surface area contributed by atoms with Crippen LogP contribution in [-0.2, 0) is 0 Å². The first-order valence-corrected chi connectivity index (χ1v) is 3.54. The number of rotatable bonds is 0. The minimum absolute atomic E-state index is 0.135. The van der Waals surface area contributed by atoms with Gasteiger partial charge in [-0.2, -0.15) is 0 Å². The molecule has 9 heavy (non-hydrogen) atoms. The van der Waals surface area contributed by atoms with Gasteiger partial charge in [-0.15, -0.1) is 0 Å². The molecule has 0 radical (unpaired) electrons.